The largest absolute Gasteiger partial charge is 0.388 e. The van der Waals surface area contributed by atoms with Crippen LogP contribution in [0.3, 0.4) is 0 Å². The van der Waals surface area contributed by atoms with Gasteiger partial charge in [0.05, 0.1) is 6.04 Å². The summed E-state index contributed by atoms with van der Waals surface area (Å²) in [5.74, 6) is 0. The van der Waals surface area contributed by atoms with Crippen molar-refractivity contribution >= 4 is 16.9 Å². The molecule has 4 N–H and O–H groups in total. The fourth-order valence-electron chi connectivity index (χ4n) is 1.95. The number of alkyl halides is 1. The Labute approximate surface area is 102 Å². The topological polar surface area (TPSA) is 94.3 Å². The highest BCUT2D eigenvalue weighted by Crippen LogP contribution is 2.34. The fraction of sp³-hybridized carbons (Fsp3) is 0.889. The molecule has 0 aromatic heterocycles. The quantitative estimate of drug-likeness (QED) is 0.484. The molecule has 0 radical (unpaired) electrons. The first-order valence-corrected chi connectivity index (χ1v) is 6.12. The molecule has 2 saturated heterocycles. The Morgan fingerprint density at radius 1 is 1.53 bits per heavy atom. The molecule has 17 heavy (non-hydrogen) atoms. The molecule has 0 aromatic rings. The third kappa shape index (κ3) is 2.27. The third-order valence-corrected chi connectivity index (χ3v) is 4.06. The lowest BCUT2D eigenvalue weighted by Crippen LogP contribution is -2.61. The summed E-state index contributed by atoms with van der Waals surface area (Å²) in [5.41, 5.74) is -0.488. The average molecular weight is 266 g/mol. The van der Waals surface area contributed by atoms with E-state index in [2.05, 4.69) is 10.3 Å². The molecule has 2 rings (SSSR count). The lowest BCUT2D eigenvalue weighted by atomic mass is 9.95. The van der Waals surface area contributed by atoms with Crippen molar-refractivity contribution in [3.05, 3.63) is 0 Å². The first-order valence-electron chi connectivity index (χ1n) is 5.24. The summed E-state index contributed by atoms with van der Waals surface area (Å²) in [5, 5.41) is 32.5. The maximum Gasteiger partial charge on any atom is 0.159 e. The normalized spacial score (nSPS) is 45.5. The molecule has 2 aliphatic rings. The van der Waals surface area contributed by atoms with Gasteiger partial charge in [-0.05, 0) is 0 Å². The lowest BCUT2D eigenvalue weighted by molar-refractivity contribution is -0.189. The Kier molecular flexibility index (Phi) is 3.88. The summed E-state index contributed by atoms with van der Waals surface area (Å²) in [6.45, 7) is -1.03. The van der Waals surface area contributed by atoms with Crippen LogP contribution in [-0.4, -0.2) is 70.1 Å². The second-order valence-electron chi connectivity index (χ2n) is 3.99. The van der Waals surface area contributed by atoms with E-state index in [1.54, 1.807) is 7.05 Å². The van der Waals surface area contributed by atoms with Crippen molar-refractivity contribution in [3.63, 3.8) is 0 Å². The Balaban J connectivity index is 2.13. The Morgan fingerprint density at radius 3 is 2.82 bits per heavy atom. The van der Waals surface area contributed by atoms with Crippen molar-refractivity contribution in [2.45, 2.75) is 35.9 Å². The highest BCUT2D eigenvalue weighted by Gasteiger charge is 2.50. The molecule has 0 bridgehead atoms. The van der Waals surface area contributed by atoms with Crippen LogP contribution in [0, 0.1) is 0 Å². The number of rotatable bonds is 2. The number of thioether (sulfide) groups is 1. The van der Waals surface area contributed by atoms with E-state index in [0.29, 0.717) is 5.17 Å². The number of halogens is 1. The number of ether oxygens (including phenoxy) is 1. The van der Waals surface area contributed by atoms with Crippen LogP contribution in [0.25, 0.3) is 0 Å². The number of nitrogens with zero attached hydrogens (tertiary/aromatic N) is 1. The van der Waals surface area contributed by atoms with Crippen LogP contribution in [0.4, 0.5) is 4.39 Å². The van der Waals surface area contributed by atoms with E-state index in [9.17, 15) is 19.7 Å². The molecule has 0 aromatic carbocycles. The van der Waals surface area contributed by atoms with E-state index in [4.69, 9.17) is 4.74 Å². The molecular weight excluding hydrogens is 251 g/mol. The zero-order chi connectivity index (χ0) is 12.6. The molecule has 2 heterocycles. The van der Waals surface area contributed by atoms with E-state index >= 15 is 0 Å². The van der Waals surface area contributed by atoms with Crippen LogP contribution in [0.1, 0.15) is 0 Å². The molecule has 6 atom stereocenters. The number of aliphatic hydroxyl groups excluding tert-OH is 3. The zero-order valence-corrected chi connectivity index (χ0v) is 9.97. The maximum absolute atomic E-state index is 12.4. The van der Waals surface area contributed by atoms with Gasteiger partial charge in [-0.2, -0.15) is 0 Å². The monoisotopic (exact) mass is 266 g/mol. The van der Waals surface area contributed by atoms with Crippen LogP contribution in [-0.2, 0) is 4.74 Å². The van der Waals surface area contributed by atoms with Gasteiger partial charge in [0.2, 0.25) is 0 Å². The maximum atomic E-state index is 12.4. The van der Waals surface area contributed by atoms with Gasteiger partial charge >= 0.3 is 0 Å². The number of aliphatic hydroxyl groups is 3. The van der Waals surface area contributed by atoms with Gasteiger partial charge in [0.25, 0.3) is 0 Å². The van der Waals surface area contributed by atoms with E-state index in [1.165, 1.54) is 11.8 Å². The van der Waals surface area contributed by atoms with Crippen molar-refractivity contribution in [2.24, 2.45) is 4.99 Å². The highest BCUT2D eigenvalue weighted by atomic mass is 32.2. The Hall–Kier alpha value is -0.410. The number of hydrogen-bond donors (Lipinski definition) is 4. The fourth-order valence-corrected chi connectivity index (χ4v) is 3.04. The molecule has 0 amide bonds. The lowest BCUT2D eigenvalue weighted by Gasteiger charge is -2.40. The molecule has 0 spiro atoms. The van der Waals surface area contributed by atoms with Crippen LogP contribution < -0.4 is 5.32 Å². The van der Waals surface area contributed by atoms with Crippen molar-refractivity contribution in [1.82, 2.24) is 5.32 Å². The second kappa shape index (κ2) is 5.07. The minimum absolute atomic E-state index is 0.488. The van der Waals surface area contributed by atoms with Gasteiger partial charge in [-0.3, -0.25) is 4.99 Å². The molecule has 0 aliphatic carbocycles. The van der Waals surface area contributed by atoms with Crippen molar-refractivity contribution < 1.29 is 24.4 Å². The molecule has 2 aliphatic heterocycles. The second-order valence-corrected chi connectivity index (χ2v) is 5.08. The first-order chi connectivity index (χ1) is 8.08. The van der Waals surface area contributed by atoms with E-state index in [0.717, 1.165) is 0 Å². The zero-order valence-electron chi connectivity index (χ0n) is 9.15. The van der Waals surface area contributed by atoms with Gasteiger partial charge < -0.3 is 25.4 Å². The Bertz CT molecular complexity index is 319. The number of hydrogen-bond acceptors (Lipinski definition) is 6. The molecule has 8 heteroatoms. The summed E-state index contributed by atoms with van der Waals surface area (Å²) in [6, 6.07) is -0.503. The van der Waals surface area contributed by atoms with Crippen LogP contribution in [0.2, 0.25) is 0 Å². The average Bonchev–Trinajstić information content (AvgIpc) is 2.76. The minimum Gasteiger partial charge on any atom is -0.388 e. The minimum atomic E-state index is -1.44. The van der Waals surface area contributed by atoms with Crippen LogP contribution in [0.15, 0.2) is 4.99 Å². The van der Waals surface area contributed by atoms with E-state index in [1.807, 2.05) is 0 Å². The van der Waals surface area contributed by atoms with Gasteiger partial charge in [-0.1, -0.05) is 11.8 Å². The summed E-state index contributed by atoms with van der Waals surface area (Å²) in [4.78, 5) is 3.92. The molecule has 2 fully saturated rings. The van der Waals surface area contributed by atoms with Crippen LogP contribution in [0.5, 0.6) is 0 Å². The predicted molar refractivity (Wildman–Crippen MR) is 60.5 cm³/mol. The van der Waals surface area contributed by atoms with Crippen LogP contribution >= 0.6 is 11.8 Å². The molecular formula is C9H15FN2O4S. The van der Waals surface area contributed by atoms with Crippen molar-refractivity contribution in [3.8, 4) is 0 Å². The van der Waals surface area contributed by atoms with Gasteiger partial charge in [0, 0.05) is 7.05 Å². The standard InChI is InChI=1S/C9H15FN2O4S/c1-11-9-12-4-5(14)6(15)7(3(13)2-10)16-8(4)17-9/h3-8,13-15H,2H2,1H3,(H,11,12). The summed E-state index contributed by atoms with van der Waals surface area (Å²) >= 11 is 1.24. The van der Waals surface area contributed by atoms with E-state index < -0.39 is 42.6 Å². The number of nitrogens with one attached hydrogen (secondary N) is 1. The molecule has 0 saturated carbocycles. The highest BCUT2D eigenvalue weighted by molar-refractivity contribution is 8.14. The molecule has 6 nitrogen and oxygen atoms in total. The summed E-state index contributed by atoms with van der Waals surface area (Å²) in [6.07, 6.45) is -5.02. The number of fused-ring (bicyclic) bond motifs is 1. The van der Waals surface area contributed by atoms with Crippen molar-refractivity contribution in [2.75, 3.05) is 13.7 Å². The van der Waals surface area contributed by atoms with Gasteiger partial charge in [0.1, 0.15) is 36.5 Å². The molecule has 98 valence electrons. The van der Waals surface area contributed by atoms with Gasteiger partial charge in [-0.25, -0.2) is 4.39 Å². The first kappa shape index (κ1) is 13.0. The Morgan fingerprint density at radius 2 is 2.24 bits per heavy atom. The predicted octanol–water partition coefficient (Wildman–Crippen LogP) is -1.55. The van der Waals surface area contributed by atoms with E-state index in [-0.39, 0.29) is 0 Å². The third-order valence-electron chi connectivity index (χ3n) is 2.90. The summed E-state index contributed by atoms with van der Waals surface area (Å²) < 4.78 is 17.8. The smallest absolute Gasteiger partial charge is 0.159 e. The molecule has 6 unspecified atom stereocenters. The SMILES string of the molecule is CN=C1NC2C(OC(C(O)CF)C(O)C2O)S1. The van der Waals surface area contributed by atoms with Gasteiger partial charge in [0.15, 0.2) is 5.17 Å². The summed E-state index contributed by atoms with van der Waals surface area (Å²) in [7, 11) is 1.59. The van der Waals surface area contributed by atoms with Crippen molar-refractivity contribution in [1.29, 1.82) is 0 Å². The van der Waals surface area contributed by atoms with Gasteiger partial charge in [-0.15, -0.1) is 0 Å². The number of aliphatic imine (C=N–C) groups is 1. The number of amidine groups is 1.